The van der Waals surface area contributed by atoms with Crippen molar-refractivity contribution in [2.45, 2.75) is 5.03 Å². The van der Waals surface area contributed by atoms with Crippen LogP contribution in [0.5, 0.6) is 0 Å². The molecule has 3 aromatic rings. The molecule has 1 heterocycles. The summed E-state index contributed by atoms with van der Waals surface area (Å²) >= 11 is 1.14. The van der Waals surface area contributed by atoms with Gasteiger partial charge in [-0.1, -0.05) is 23.9 Å². The Morgan fingerprint density at radius 3 is 2.32 bits per heavy atom. The molecule has 0 saturated heterocycles. The molecule has 0 aliphatic rings. The molecule has 9 heteroatoms. The van der Waals surface area contributed by atoms with E-state index < -0.39 is 17.5 Å². The van der Waals surface area contributed by atoms with E-state index in [4.69, 9.17) is 0 Å². The number of carbonyl (C=O) groups excluding carboxylic acids is 2. The Morgan fingerprint density at radius 2 is 1.64 bits per heavy atom. The Labute approximate surface area is 163 Å². The summed E-state index contributed by atoms with van der Waals surface area (Å²) in [5.74, 6) is -1.53. The number of rotatable bonds is 6. The van der Waals surface area contributed by atoms with Crippen LogP contribution in [0.3, 0.4) is 0 Å². The average molecular weight is 400 g/mol. The highest BCUT2D eigenvalue weighted by Crippen LogP contribution is 2.17. The number of nitrogens with zero attached hydrogens (tertiary/aromatic N) is 2. The average Bonchev–Trinajstić information content (AvgIpc) is 2.67. The lowest BCUT2D eigenvalue weighted by Crippen LogP contribution is -2.15. The number of thioether (sulfide) groups is 1. The summed E-state index contributed by atoms with van der Waals surface area (Å²) in [6.07, 6.45) is 0. The minimum absolute atomic E-state index is 0.0557. The predicted molar refractivity (Wildman–Crippen MR) is 102 cm³/mol. The number of amides is 2. The lowest BCUT2D eigenvalue weighted by Gasteiger charge is -2.06. The number of nitrogens with one attached hydrogen (secondary N) is 2. The summed E-state index contributed by atoms with van der Waals surface area (Å²) in [6, 6.07) is 14.0. The summed E-state index contributed by atoms with van der Waals surface area (Å²) in [4.78, 5) is 23.9. The lowest BCUT2D eigenvalue weighted by atomic mass is 10.2. The van der Waals surface area contributed by atoms with Gasteiger partial charge in [0.25, 0.3) is 5.91 Å². The van der Waals surface area contributed by atoms with Crippen LogP contribution in [0.2, 0.25) is 0 Å². The first-order chi connectivity index (χ1) is 13.5. The van der Waals surface area contributed by atoms with E-state index in [1.54, 1.807) is 12.1 Å². The molecule has 0 saturated carbocycles. The van der Waals surface area contributed by atoms with Gasteiger partial charge in [0, 0.05) is 11.3 Å². The Bertz CT molecular complexity index is 999. The Balaban J connectivity index is 1.51. The Morgan fingerprint density at radius 1 is 0.893 bits per heavy atom. The molecule has 0 unspecified atom stereocenters. The zero-order valence-electron chi connectivity index (χ0n) is 14.4. The number of hydrogen-bond acceptors (Lipinski definition) is 5. The highest BCUT2D eigenvalue weighted by molar-refractivity contribution is 7.99. The summed E-state index contributed by atoms with van der Waals surface area (Å²) in [7, 11) is 0. The third kappa shape index (κ3) is 5.58. The monoisotopic (exact) mass is 400 g/mol. The van der Waals surface area contributed by atoms with E-state index in [9.17, 15) is 18.4 Å². The molecule has 1 aromatic heterocycles. The number of hydrogen-bond donors (Lipinski definition) is 2. The normalized spacial score (nSPS) is 10.4. The molecule has 6 nitrogen and oxygen atoms in total. The molecule has 0 bridgehead atoms. The number of benzene rings is 2. The first kappa shape index (κ1) is 19.4. The van der Waals surface area contributed by atoms with Crippen molar-refractivity contribution in [2.75, 3.05) is 16.4 Å². The predicted octanol–water partition coefficient (Wildman–Crippen LogP) is 3.74. The molecule has 0 aliphatic carbocycles. The Kier molecular flexibility index (Phi) is 6.28. The molecule has 0 aliphatic heterocycles. The zero-order chi connectivity index (χ0) is 19.9. The number of halogens is 2. The van der Waals surface area contributed by atoms with Crippen LogP contribution in [-0.2, 0) is 4.79 Å². The second kappa shape index (κ2) is 9.05. The topological polar surface area (TPSA) is 84.0 Å². The molecule has 142 valence electrons. The first-order valence-electron chi connectivity index (χ1n) is 8.08. The Hall–Kier alpha value is -3.33. The van der Waals surface area contributed by atoms with Crippen molar-refractivity contribution in [3.8, 4) is 0 Å². The largest absolute Gasteiger partial charge is 0.325 e. The van der Waals surface area contributed by atoms with Gasteiger partial charge in [0.15, 0.2) is 5.82 Å². The summed E-state index contributed by atoms with van der Waals surface area (Å²) in [6.45, 7) is 0. The SMILES string of the molecule is O=C(CSc1ccc(NC(=O)c2cccc(F)c2)nn1)Nc1cccc(F)c1. The lowest BCUT2D eigenvalue weighted by molar-refractivity contribution is -0.113. The van der Waals surface area contributed by atoms with Crippen molar-refractivity contribution in [1.29, 1.82) is 0 Å². The van der Waals surface area contributed by atoms with Crippen LogP contribution in [0.1, 0.15) is 10.4 Å². The molecule has 2 aromatic carbocycles. The van der Waals surface area contributed by atoms with Gasteiger partial charge in [-0.15, -0.1) is 10.2 Å². The third-order valence-corrected chi connectivity index (χ3v) is 4.35. The van der Waals surface area contributed by atoms with Crippen molar-refractivity contribution >= 4 is 35.1 Å². The third-order valence-electron chi connectivity index (χ3n) is 3.43. The van der Waals surface area contributed by atoms with Crippen LogP contribution in [0.4, 0.5) is 20.3 Å². The zero-order valence-corrected chi connectivity index (χ0v) is 15.2. The van der Waals surface area contributed by atoms with Crippen LogP contribution in [0.15, 0.2) is 65.7 Å². The van der Waals surface area contributed by atoms with E-state index in [1.165, 1.54) is 42.5 Å². The van der Waals surface area contributed by atoms with E-state index >= 15 is 0 Å². The second-order valence-corrected chi connectivity index (χ2v) is 6.56. The van der Waals surface area contributed by atoms with Gasteiger partial charge in [-0.3, -0.25) is 9.59 Å². The van der Waals surface area contributed by atoms with Gasteiger partial charge in [0.05, 0.1) is 5.75 Å². The van der Waals surface area contributed by atoms with Crippen molar-refractivity contribution in [3.05, 3.63) is 77.9 Å². The smallest absolute Gasteiger partial charge is 0.256 e. The molecule has 28 heavy (non-hydrogen) atoms. The maximum absolute atomic E-state index is 13.2. The van der Waals surface area contributed by atoms with Gasteiger partial charge in [0.1, 0.15) is 16.7 Å². The quantitative estimate of drug-likeness (QED) is 0.616. The van der Waals surface area contributed by atoms with E-state index in [0.717, 1.165) is 17.8 Å². The highest BCUT2D eigenvalue weighted by atomic mass is 32.2. The molecule has 3 rings (SSSR count). The van der Waals surface area contributed by atoms with Gasteiger partial charge >= 0.3 is 0 Å². The van der Waals surface area contributed by atoms with Gasteiger partial charge in [-0.25, -0.2) is 8.78 Å². The van der Waals surface area contributed by atoms with Crippen LogP contribution in [0.25, 0.3) is 0 Å². The van der Waals surface area contributed by atoms with Crippen LogP contribution < -0.4 is 10.6 Å². The fourth-order valence-corrected chi connectivity index (χ4v) is 2.80. The van der Waals surface area contributed by atoms with Crippen LogP contribution in [0, 0.1) is 11.6 Å². The summed E-state index contributed by atoms with van der Waals surface area (Å²) < 4.78 is 26.3. The fourth-order valence-electron chi connectivity index (χ4n) is 2.18. The molecule has 2 N–H and O–H groups in total. The van der Waals surface area contributed by atoms with Crippen molar-refractivity contribution in [1.82, 2.24) is 10.2 Å². The maximum Gasteiger partial charge on any atom is 0.256 e. The molecule has 0 spiro atoms. The minimum atomic E-state index is -0.512. The molecule has 0 atom stereocenters. The molecular weight excluding hydrogens is 386 g/mol. The maximum atomic E-state index is 13.2. The summed E-state index contributed by atoms with van der Waals surface area (Å²) in [5, 5.41) is 13.3. The standard InChI is InChI=1S/C19H14F2N4O2S/c20-13-4-1-3-12(9-13)19(27)23-16-7-8-18(25-24-16)28-11-17(26)22-15-6-2-5-14(21)10-15/h1-10H,11H2,(H,22,26)(H,23,24,27). The number of aromatic nitrogens is 2. The minimum Gasteiger partial charge on any atom is -0.325 e. The van der Waals surface area contributed by atoms with E-state index in [2.05, 4.69) is 20.8 Å². The van der Waals surface area contributed by atoms with Gasteiger partial charge < -0.3 is 10.6 Å². The molecule has 0 fully saturated rings. The fraction of sp³-hybridized carbons (Fsp3) is 0.0526. The van der Waals surface area contributed by atoms with Crippen molar-refractivity contribution in [2.24, 2.45) is 0 Å². The van der Waals surface area contributed by atoms with E-state index in [0.29, 0.717) is 10.7 Å². The van der Waals surface area contributed by atoms with Crippen LogP contribution in [-0.4, -0.2) is 27.8 Å². The second-order valence-electron chi connectivity index (χ2n) is 5.57. The summed E-state index contributed by atoms with van der Waals surface area (Å²) in [5.41, 5.74) is 0.529. The van der Waals surface area contributed by atoms with E-state index in [1.807, 2.05) is 0 Å². The van der Waals surface area contributed by atoms with Crippen molar-refractivity contribution < 1.29 is 18.4 Å². The molecule has 0 radical (unpaired) electrons. The van der Waals surface area contributed by atoms with Gasteiger partial charge in [-0.05, 0) is 48.5 Å². The van der Waals surface area contributed by atoms with E-state index in [-0.39, 0.29) is 23.0 Å². The number of anilines is 2. The first-order valence-corrected chi connectivity index (χ1v) is 9.07. The van der Waals surface area contributed by atoms with Crippen LogP contribution >= 0.6 is 11.8 Å². The highest BCUT2D eigenvalue weighted by Gasteiger charge is 2.09. The van der Waals surface area contributed by atoms with Gasteiger partial charge in [0.2, 0.25) is 5.91 Å². The van der Waals surface area contributed by atoms with Gasteiger partial charge in [-0.2, -0.15) is 0 Å². The number of carbonyl (C=O) groups is 2. The van der Waals surface area contributed by atoms with Crippen molar-refractivity contribution in [3.63, 3.8) is 0 Å². The molecule has 2 amide bonds. The molecular formula is C19H14F2N4O2S.